The lowest BCUT2D eigenvalue weighted by Crippen LogP contribution is -2.25. The highest BCUT2D eigenvalue weighted by atomic mass is 16.5. The van der Waals surface area contributed by atoms with Crippen molar-refractivity contribution in [3.8, 4) is 5.75 Å². The Morgan fingerprint density at radius 2 is 1.85 bits per heavy atom. The Bertz CT molecular complexity index is 773. The molecule has 27 heavy (non-hydrogen) atoms. The second-order valence-electron chi connectivity index (χ2n) is 6.02. The standard InChI is InChI=1S/C21H24N2O4/c1-16(2)21(25)27-15-19(24)14-26-20-11-9-17(10-12-20)13-22-23(3)18-7-5-4-6-8-18/h4-13,19,24H,1,14-15H2,2-3H3. The summed E-state index contributed by atoms with van der Waals surface area (Å²) in [5, 5.41) is 16.0. The van der Waals surface area contributed by atoms with Crippen molar-refractivity contribution >= 4 is 17.9 Å². The number of hydrazone groups is 1. The number of hydrogen-bond donors (Lipinski definition) is 1. The fraction of sp³-hybridized carbons (Fsp3) is 0.238. The van der Waals surface area contributed by atoms with Crippen molar-refractivity contribution in [1.29, 1.82) is 0 Å². The van der Waals surface area contributed by atoms with Gasteiger partial charge in [0, 0.05) is 12.6 Å². The van der Waals surface area contributed by atoms with E-state index in [1.807, 2.05) is 49.5 Å². The molecule has 0 saturated carbocycles. The van der Waals surface area contributed by atoms with Gasteiger partial charge < -0.3 is 14.6 Å². The molecule has 0 amide bonds. The molecule has 0 spiro atoms. The van der Waals surface area contributed by atoms with Crippen LogP contribution in [0.2, 0.25) is 0 Å². The molecule has 0 radical (unpaired) electrons. The highest BCUT2D eigenvalue weighted by Gasteiger charge is 2.10. The third-order valence-electron chi connectivity index (χ3n) is 3.59. The zero-order valence-corrected chi connectivity index (χ0v) is 15.5. The number of aliphatic hydroxyl groups excluding tert-OH is 1. The van der Waals surface area contributed by atoms with E-state index in [0.29, 0.717) is 11.3 Å². The number of anilines is 1. The number of ether oxygens (including phenoxy) is 2. The molecule has 1 atom stereocenters. The van der Waals surface area contributed by atoms with Gasteiger partial charge in [0.15, 0.2) is 0 Å². The van der Waals surface area contributed by atoms with Crippen molar-refractivity contribution in [3.63, 3.8) is 0 Å². The lowest BCUT2D eigenvalue weighted by atomic mass is 10.2. The molecule has 2 aromatic carbocycles. The Labute approximate surface area is 159 Å². The molecule has 1 N–H and O–H groups in total. The predicted molar refractivity (Wildman–Crippen MR) is 106 cm³/mol. The molecule has 6 heteroatoms. The van der Waals surface area contributed by atoms with Crippen LogP contribution in [0.5, 0.6) is 5.75 Å². The molecule has 0 aromatic heterocycles. The van der Waals surface area contributed by atoms with Crippen LogP contribution in [-0.4, -0.2) is 43.7 Å². The van der Waals surface area contributed by atoms with Crippen molar-refractivity contribution in [2.75, 3.05) is 25.3 Å². The van der Waals surface area contributed by atoms with Crippen LogP contribution in [0, 0.1) is 0 Å². The number of para-hydroxylation sites is 1. The van der Waals surface area contributed by atoms with E-state index in [-0.39, 0.29) is 13.2 Å². The largest absolute Gasteiger partial charge is 0.491 e. The number of carbonyl (C=O) groups is 1. The van der Waals surface area contributed by atoms with Gasteiger partial charge in [-0.15, -0.1) is 0 Å². The van der Waals surface area contributed by atoms with Crippen molar-refractivity contribution in [3.05, 3.63) is 72.3 Å². The zero-order chi connectivity index (χ0) is 19.6. The zero-order valence-electron chi connectivity index (χ0n) is 15.5. The van der Waals surface area contributed by atoms with Gasteiger partial charge >= 0.3 is 5.97 Å². The third-order valence-corrected chi connectivity index (χ3v) is 3.59. The fourth-order valence-corrected chi connectivity index (χ4v) is 2.05. The van der Waals surface area contributed by atoms with Gasteiger partial charge in [-0.3, -0.25) is 5.01 Å². The first-order valence-electron chi connectivity index (χ1n) is 8.52. The first kappa shape index (κ1) is 20.2. The molecular formula is C21H24N2O4. The van der Waals surface area contributed by atoms with E-state index in [9.17, 15) is 9.90 Å². The molecular weight excluding hydrogens is 344 g/mol. The number of aliphatic hydroxyl groups is 1. The van der Waals surface area contributed by atoms with Gasteiger partial charge in [-0.1, -0.05) is 24.8 Å². The van der Waals surface area contributed by atoms with E-state index in [2.05, 4.69) is 11.7 Å². The summed E-state index contributed by atoms with van der Waals surface area (Å²) in [6, 6.07) is 17.1. The fourth-order valence-electron chi connectivity index (χ4n) is 2.05. The van der Waals surface area contributed by atoms with Crippen LogP contribution in [0.3, 0.4) is 0 Å². The maximum absolute atomic E-state index is 11.3. The van der Waals surface area contributed by atoms with Gasteiger partial charge in [0.05, 0.1) is 11.9 Å². The molecule has 6 nitrogen and oxygen atoms in total. The van der Waals surface area contributed by atoms with Crippen molar-refractivity contribution in [1.82, 2.24) is 0 Å². The van der Waals surface area contributed by atoms with Crippen LogP contribution >= 0.6 is 0 Å². The summed E-state index contributed by atoms with van der Waals surface area (Å²) in [7, 11) is 1.88. The van der Waals surface area contributed by atoms with Gasteiger partial charge in [-0.25, -0.2) is 4.79 Å². The predicted octanol–water partition coefficient (Wildman–Crippen LogP) is 3.02. The lowest BCUT2D eigenvalue weighted by molar-refractivity contribution is -0.142. The summed E-state index contributed by atoms with van der Waals surface area (Å²) < 4.78 is 10.4. The Hall–Kier alpha value is -3.12. The number of esters is 1. The normalized spacial score (nSPS) is 11.8. The van der Waals surface area contributed by atoms with Crippen LogP contribution < -0.4 is 9.75 Å². The van der Waals surface area contributed by atoms with Gasteiger partial charge in [-0.05, 0) is 48.9 Å². The second-order valence-corrected chi connectivity index (χ2v) is 6.02. The Morgan fingerprint density at radius 1 is 1.19 bits per heavy atom. The molecule has 1 unspecified atom stereocenters. The van der Waals surface area contributed by atoms with E-state index >= 15 is 0 Å². The van der Waals surface area contributed by atoms with Crippen molar-refractivity contribution in [2.45, 2.75) is 13.0 Å². The molecule has 2 aromatic rings. The lowest BCUT2D eigenvalue weighted by Gasteiger charge is -2.13. The molecule has 0 saturated heterocycles. The maximum Gasteiger partial charge on any atom is 0.333 e. The first-order valence-corrected chi connectivity index (χ1v) is 8.52. The summed E-state index contributed by atoms with van der Waals surface area (Å²) in [6.07, 6.45) is 0.844. The van der Waals surface area contributed by atoms with E-state index in [0.717, 1.165) is 11.3 Å². The average Bonchev–Trinajstić information content (AvgIpc) is 2.69. The molecule has 0 fully saturated rings. The van der Waals surface area contributed by atoms with E-state index in [1.165, 1.54) is 0 Å². The summed E-state index contributed by atoms with van der Waals surface area (Å²) in [6.45, 7) is 4.91. The summed E-state index contributed by atoms with van der Waals surface area (Å²) in [5.41, 5.74) is 2.20. The van der Waals surface area contributed by atoms with Crippen LogP contribution in [-0.2, 0) is 9.53 Å². The van der Waals surface area contributed by atoms with Crippen molar-refractivity contribution in [2.24, 2.45) is 5.10 Å². The number of carbonyl (C=O) groups excluding carboxylic acids is 1. The number of hydrogen-bond acceptors (Lipinski definition) is 6. The first-order chi connectivity index (χ1) is 13.0. The minimum atomic E-state index is -0.908. The van der Waals surface area contributed by atoms with Crippen LogP contribution in [0.15, 0.2) is 71.9 Å². The molecule has 0 aliphatic carbocycles. The smallest absolute Gasteiger partial charge is 0.333 e. The number of benzene rings is 2. The molecule has 0 aliphatic heterocycles. The number of rotatable bonds is 9. The highest BCUT2D eigenvalue weighted by molar-refractivity contribution is 5.86. The highest BCUT2D eigenvalue weighted by Crippen LogP contribution is 2.13. The Balaban J connectivity index is 1.80. The van der Waals surface area contributed by atoms with E-state index in [1.54, 1.807) is 30.3 Å². The molecule has 142 valence electrons. The minimum absolute atomic E-state index is 0.0215. The maximum atomic E-state index is 11.3. The summed E-state index contributed by atoms with van der Waals surface area (Å²) in [4.78, 5) is 11.3. The topological polar surface area (TPSA) is 71.4 Å². The van der Waals surface area contributed by atoms with E-state index in [4.69, 9.17) is 9.47 Å². The van der Waals surface area contributed by atoms with Gasteiger partial charge in [0.2, 0.25) is 0 Å². The van der Waals surface area contributed by atoms with E-state index < -0.39 is 12.1 Å². The third kappa shape index (κ3) is 6.95. The monoisotopic (exact) mass is 368 g/mol. The molecule has 0 heterocycles. The number of nitrogens with zero attached hydrogens (tertiary/aromatic N) is 2. The average molecular weight is 368 g/mol. The van der Waals surface area contributed by atoms with Crippen molar-refractivity contribution < 1.29 is 19.4 Å². The van der Waals surface area contributed by atoms with Gasteiger partial charge in [-0.2, -0.15) is 5.10 Å². The second kappa shape index (κ2) is 10.1. The van der Waals surface area contributed by atoms with Crippen LogP contribution in [0.25, 0.3) is 0 Å². The van der Waals surface area contributed by atoms with Gasteiger partial charge in [0.1, 0.15) is 25.1 Å². The Kier molecular flexibility index (Phi) is 7.58. The van der Waals surface area contributed by atoms with Gasteiger partial charge in [0.25, 0.3) is 0 Å². The summed E-state index contributed by atoms with van der Waals surface area (Å²) in [5.74, 6) is 0.0759. The molecule has 0 aliphatic rings. The molecule has 0 bridgehead atoms. The van der Waals surface area contributed by atoms with Crippen LogP contribution in [0.4, 0.5) is 5.69 Å². The molecule has 2 rings (SSSR count). The minimum Gasteiger partial charge on any atom is -0.491 e. The Morgan fingerprint density at radius 3 is 2.48 bits per heavy atom. The summed E-state index contributed by atoms with van der Waals surface area (Å²) >= 11 is 0. The quantitative estimate of drug-likeness (QED) is 0.319. The van der Waals surface area contributed by atoms with Crippen LogP contribution in [0.1, 0.15) is 12.5 Å². The SMILES string of the molecule is C=C(C)C(=O)OCC(O)COc1ccc(C=NN(C)c2ccccc2)cc1.